The van der Waals surface area contributed by atoms with Gasteiger partial charge >= 0.3 is 0 Å². The molecule has 3 N–H and O–H groups in total. The zero-order valence-electron chi connectivity index (χ0n) is 4.78. The average Bonchev–Trinajstić information content (AvgIpc) is 1.83. The molecule has 0 fully saturated rings. The van der Waals surface area contributed by atoms with Crippen molar-refractivity contribution in [3.05, 3.63) is 11.5 Å². The molecule has 1 aromatic rings. The molecule has 6 heteroatoms. The standard InChI is InChI=1S/C4H4ClN3O.ClH/c5-3-2(9)4(6)8-1-7-3;/h1,9H,(H2,6,7,8);1H. The Hall–Kier alpha value is -0.740. The zero-order chi connectivity index (χ0) is 6.85. The van der Waals surface area contributed by atoms with Gasteiger partial charge in [0.2, 0.25) is 0 Å². The number of nitrogens with two attached hydrogens (primary N) is 1. The lowest BCUT2D eigenvalue weighted by Crippen LogP contribution is -1.91. The summed E-state index contributed by atoms with van der Waals surface area (Å²) in [6.07, 6.45) is 1.18. The second-order valence-electron chi connectivity index (χ2n) is 1.40. The van der Waals surface area contributed by atoms with Crippen molar-refractivity contribution in [2.45, 2.75) is 0 Å². The smallest absolute Gasteiger partial charge is 0.196 e. The van der Waals surface area contributed by atoms with Gasteiger partial charge in [-0.1, -0.05) is 11.6 Å². The molecule has 0 saturated heterocycles. The molecule has 10 heavy (non-hydrogen) atoms. The van der Waals surface area contributed by atoms with Crippen LogP contribution in [0.1, 0.15) is 0 Å². The number of rotatable bonds is 0. The van der Waals surface area contributed by atoms with Gasteiger partial charge < -0.3 is 10.8 Å². The summed E-state index contributed by atoms with van der Waals surface area (Å²) < 4.78 is 0. The molecule has 0 bridgehead atoms. The zero-order valence-corrected chi connectivity index (χ0v) is 6.35. The highest BCUT2D eigenvalue weighted by Gasteiger charge is 2.01. The van der Waals surface area contributed by atoms with Crippen LogP contribution in [-0.2, 0) is 0 Å². The van der Waals surface area contributed by atoms with E-state index in [1.165, 1.54) is 6.33 Å². The SMILES string of the molecule is Cl.Nc1ncnc(Cl)c1O. The lowest BCUT2D eigenvalue weighted by molar-refractivity contribution is 0.473. The van der Waals surface area contributed by atoms with Gasteiger partial charge in [0.15, 0.2) is 16.7 Å². The molecule has 0 saturated carbocycles. The molecule has 0 aliphatic carbocycles. The third-order valence-corrected chi connectivity index (χ3v) is 1.08. The van der Waals surface area contributed by atoms with E-state index in [9.17, 15) is 0 Å². The minimum absolute atomic E-state index is 0. The first-order valence-electron chi connectivity index (χ1n) is 2.16. The van der Waals surface area contributed by atoms with Crippen LogP contribution in [0.4, 0.5) is 5.82 Å². The molecule has 1 heterocycles. The van der Waals surface area contributed by atoms with Crippen molar-refractivity contribution in [1.82, 2.24) is 9.97 Å². The minimum Gasteiger partial charge on any atom is -0.502 e. The fourth-order valence-corrected chi connectivity index (χ4v) is 0.510. The van der Waals surface area contributed by atoms with E-state index in [2.05, 4.69) is 9.97 Å². The summed E-state index contributed by atoms with van der Waals surface area (Å²) in [5, 5.41) is 8.80. The normalized spacial score (nSPS) is 8.50. The number of aromatic nitrogens is 2. The van der Waals surface area contributed by atoms with Crippen LogP contribution in [0.3, 0.4) is 0 Å². The monoisotopic (exact) mass is 181 g/mol. The Bertz CT molecular complexity index is 209. The molecule has 1 aromatic heterocycles. The molecule has 0 unspecified atom stereocenters. The van der Waals surface area contributed by atoms with Crippen LogP contribution < -0.4 is 5.73 Å². The van der Waals surface area contributed by atoms with Gasteiger partial charge in [-0.25, -0.2) is 9.97 Å². The Morgan fingerprint density at radius 1 is 1.50 bits per heavy atom. The average molecular weight is 182 g/mol. The molecule has 0 aliphatic heterocycles. The van der Waals surface area contributed by atoms with Crippen LogP contribution in [0, 0.1) is 0 Å². The van der Waals surface area contributed by atoms with Crippen LogP contribution in [0.15, 0.2) is 6.33 Å². The van der Waals surface area contributed by atoms with E-state index in [4.69, 9.17) is 22.4 Å². The van der Waals surface area contributed by atoms with Crippen LogP contribution in [-0.4, -0.2) is 15.1 Å². The summed E-state index contributed by atoms with van der Waals surface area (Å²) in [7, 11) is 0. The Labute approximate surface area is 68.5 Å². The van der Waals surface area contributed by atoms with E-state index >= 15 is 0 Å². The Kier molecular flexibility index (Phi) is 3.18. The molecule has 4 nitrogen and oxygen atoms in total. The summed E-state index contributed by atoms with van der Waals surface area (Å²) in [5.74, 6) is -0.269. The van der Waals surface area contributed by atoms with Gasteiger partial charge in [0, 0.05) is 0 Å². The summed E-state index contributed by atoms with van der Waals surface area (Å²) in [4.78, 5) is 6.94. The van der Waals surface area contributed by atoms with Crippen LogP contribution in [0.5, 0.6) is 5.75 Å². The van der Waals surface area contributed by atoms with Crippen molar-refractivity contribution in [2.24, 2.45) is 0 Å². The predicted molar refractivity (Wildman–Crippen MR) is 40.4 cm³/mol. The molecule has 0 amide bonds. The van der Waals surface area contributed by atoms with Gasteiger partial charge in [-0.2, -0.15) is 0 Å². The van der Waals surface area contributed by atoms with Crippen molar-refractivity contribution >= 4 is 29.8 Å². The number of halogens is 2. The van der Waals surface area contributed by atoms with Crippen molar-refractivity contribution < 1.29 is 5.11 Å². The highest BCUT2D eigenvalue weighted by Crippen LogP contribution is 2.23. The van der Waals surface area contributed by atoms with Gasteiger partial charge in [-0.15, -0.1) is 12.4 Å². The maximum absolute atomic E-state index is 8.82. The van der Waals surface area contributed by atoms with E-state index in [0.717, 1.165) is 0 Å². The number of nitrogen functional groups attached to an aromatic ring is 1. The number of hydrogen-bond donors (Lipinski definition) is 2. The second-order valence-corrected chi connectivity index (χ2v) is 1.76. The molecule has 56 valence electrons. The fraction of sp³-hybridized carbons (Fsp3) is 0. The van der Waals surface area contributed by atoms with Crippen molar-refractivity contribution in [2.75, 3.05) is 5.73 Å². The topological polar surface area (TPSA) is 72.0 Å². The van der Waals surface area contributed by atoms with Gasteiger partial charge in [-0.05, 0) is 0 Å². The quantitative estimate of drug-likeness (QED) is 0.583. The summed E-state index contributed by atoms with van der Waals surface area (Å²) in [6.45, 7) is 0. The Balaban J connectivity index is 0.000000810. The number of nitrogens with zero attached hydrogens (tertiary/aromatic N) is 2. The lowest BCUT2D eigenvalue weighted by atomic mass is 10.5. The van der Waals surface area contributed by atoms with Crippen LogP contribution >= 0.6 is 24.0 Å². The molecule has 1 rings (SSSR count). The van der Waals surface area contributed by atoms with Gasteiger partial charge in [0.1, 0.15) is 6.33 Å². The van der Waals surface area contributed by atoms with Gasteiger partial charge in [-0.3, -0.25) is 0 Å². The summed E-state index contributed by atoms with van der Waals surface area (Å²) in [6, 6.07) is 0. The number of aromatic hydroxyl groups is 1. The Morgan fingerprint density at radius 3 is 2.50 bits per heavy atom. The molecular weight excluding hydrogens is 177 g/mol. The van der Waals surface area contributed by atoms with Crippen molar-refractivity contribution in [3.8, 4) is 5.75 Å². The highest BCUT2D eigenvalue weighted by atomic mass is 35.5. The molecule has 0 aromatic carbocycles. The summed E-state index contributed by atoms with van der Waals surface area (Å²) in [5.41, 5.74) is 5.14. The van der Waals surface area contributed by atoms with Gasteiger partial charge in [0.05, 0.1) is 0 Å². The summed E-state index contributed by atoms with van der Waals surface area (Å²) >= 11 is 5.33. The van der Waals surface area contributed by atoms with Crippen LogP contribution in [0.25, 0.3) is 0 Å². The van der Waals surface area contributed by atoms with Gasteiger partial charge in [0.25, 0.3) is 0 Å². The number of hydrogen-bond acceptors (Lipinski definition) is 4. The molecule has 0 spiro atoms. The molecule has 0 atom stereocenters. The first-order valence-corrected chi connectivity index (χ1v) is 2.54. The highest BCUT2D eigenvalue weighted by molar-refractivity contribution is 6.31. The van der Waals surface area contributed by atoms with Crippen molar-refractivity contribution in [3.63, 3.8) is 0 Å². The second kappa shape index (κ2) is 3.43. The number of anilines is 1. The predicted octanol–water partition coefficient (Wildman–Crippen LogP) is 0.840. The minimum atomic E-state index is -0.265. The van der Waals surface area contributed by atoms with Crippen molar-refractivity contribution in [1.29, 1.82) is 0 Å². The fourth-order valence-electron chi connectivity index (χ4n) is 0.370. The van der Waals surface area contributed by atoms with Crippen LogP contribution in [0.2, 0.25) is 5.15 Å². The van der Waals surface area contributed by atoms with E-state index in [1.54, 1.807) is 0 Å². The van der Waals surface area contributed by atoms with E-state index in [0.29, 0.717) is 0 Å². The van der Waals surface area contributed by atoms with E-state index < -0.39 is 0 Å². The molecular formula is C4H5Cl2N3O. The maximum Gasteiger partial charge on any atom is 0.196 e. The third-order valence-electron chi connectivity index (χ3n) is 0.806. The first kappa shape index (κ1) is 9.26. The third kappa shape index (κ3) is 1.62. The van der Waals surface area contributed by atoms with E-state index in [-0.39, 0.29) is 29.1 Å². The maximum atomic E-state index is 8.82. The van der Waals surface area contributed by atoms with E-state index in [1.807, 2.05) is 0 Å². The largest absolute Gasteiger partial charge is 0.502 e. The molecule has 0 aliphatic rings. The molecule has 0 radical (unpaired) electrons. The lowest BCUT2D eigenvalue weighted by Gasteiger charge is -1.95. The Morgan fingerprint density at radius 2 is 2.10 bits per heavy atom. The first-order chi connectivity index (χ1) is 4.22.